The van der Waals surface area contributed by atoms with Gasteiger partial charge >= 0.3 is 0 Å². The maximum Gasteiger partial charge on any atom is 0.272 e. The largest absolute Gasteiger partial charge is 0.389 e. The lowest BCUT2D eigenvalue weighted by Gasteiger charge is -2.06. The second-order valence-corrected chi connectivity index (χ2v) is 6.68. The Kier molecular flexibility index (Phi) is 4.14. The third-order valence-electron chi connectivity index (χ3n) is 3.60. The Morgan fingerprint density at radius 3 is 3.04 bits per heavy atom. The standard InChI is InChI=1S/C14H17N5O3S/c1-7-8(2)23-12(17-7)5-16-13(21)10-3-11-14(22)15-4-9(20)6-19(11)18-10/h3,9,20H,4-6H2,1-2H3,(H,15,22)(H,16,21). The molecule has 1 aliphatic heterocycles. The van der Waals surface area contributed by atoms with Gasteiger partial charge in [0.1, 0.15) is 10.7 Å². The lowest BCUT2D eigenvalue weighted by molar-refractivity contribution is 0.0931. The number of nitrogens with zero attached hydrogens (tertiary/aromatic N) is 3. The van der Waals surface area contributed by atoms with E-state index < -0.39 is 6.10 Å². The highest BCUT2D eigenvalue weighted by molar-refractivity contribution is 7.11. The molecule has 2 amide bonds. The molecule has 2 aromatic rings. The van der Waals surface area contributed by atoms with Gasteiger partial charge in [0.15, 0.2) is 5.69 Å². The van der Waals surface area contributed by atoms with Crippen LogP contribution in [0.15, 0.2) is 6.07 Å². The number of aliphatic hydroxyl groups excluding tert-OH is 1. The van der Waals surface area contributed by atoms with E-state index in [9.17, 15) is 14.7 Å². The number of rotatable bonds is 3. The number of aryl methyl sites for hydroxylation is 2. The van der Waals surface area contributed by atoms with Gasteiger partial charge in [0.25, 0.3) is 11.8 Å². The smallest absolute Gasteiger partial charge is 0.272 e. The van der Waals surface area contributed by atoms with Gasteiger partial charge in [-0.05, 0) is 13.8 Å². The molecule has 3 N–H and O–H groups in total. The zero-order valence-electron chi connectivity index (χ0n) is 12.8. The van der Waals surface area contributed by atoms with Crippen LogP contribution in [0.1, 0.15) is 36.6 Å². The van der Waals surface area contributed by atoms with E-state index in [1.165, 1.54) is 22.1 Å². The number of β-amino-alcohol motifs (C(OH)–C–C–N with tert-alkyl or cyclic N) is 1. The monoisotopic (exact) mass is 335 g/mol. The summed E-state index contributed by atoms with van der Waals surface area (Å²) in [5.74, 6) is -0.724. The van der Waals surface area contributed by atoms with Crippen molar-refractivity contribution in [2.75, 3.05) is 6.54 Å². The lowest BCUT2D eigenvalue weighted by atomic mass is 10.3. The minimum Gasteiger partial charge on any atom is -0.389 e. The number of carbonyl (C=O) groups is 2. The molecule has 8 nitrogen and oxygen atoms in total. The molecule has 1 aliphatic rings. The van der Waals surface area contributed by atoms with Crippen LogP contribution in [0.5, 0.6) is 0 Å². The zero-order valence-corrected chi connectivity index (χ0v) is 13.6. The van der Waals surface area contributed by atoms with Crippen molar-refractivity contribution < 1.29 is 14.7 Å². The Morgan fingerprint density at radius 2 is 2.35 bits per heavy atom. The lowest BCUT2D eigenvalue weighted by Crippen LogP contribution is -2.30. The summed E-state index contributed by atoms with van der Waals surface area (Å²) in [6, 6.07) is 1.43. The summed E-state index contributed by atoms with van der Waals surface area (Å²) in [6.07, 6.45) is -0.725. The minimum absolute atomic E-state index is 0.147. The highest BCUT2D eigenvalue weighted by atomic mass is 32.1. The maximum absolute atomic E-state index is 12.2. The molecule has 3 heterocycles. The first kappa shape index (κ1) is 15.6. The van der Waals surface area contributed by atoms with Crippen molar-refractivity contribution in [3.8, 4) is 0 Å². The highest BCUT2D eigenvalue weighted by Gasteiger charge is 2.24. The summed E-state index contributed by atoms with van der Waals surface area (Å²) in [5.41, 5.74) is 1.38. The van der Waals surface area contributed by atoms with Crippen LogP contribution >= 0.6 is 11.3 Å². The van der Waals surface area contributed by atoms with Crippen LogP contribution in [-0.2, 0) is 13.1 Å². The molecule has 0 saturated heterocycles. The topological polar surface area (TPSA) is 109 Å². The minimum atomic E-state index is -0.725. The fourth-order valence-corrected chi connectivity index (χ4v) is 3.15. The van der Waals surface area contributed by atoms with Crippen LogP contribution in [0.3, 0.4) is 0 Å². The van der Waals surface area contributed by atoms with Crippen LogP contribution in [0.25, 0.3) is 0 Å². The summed E-state index contributed by atoms with van der Waals surface area (Å²) in [6.45, 7) is 4.57. The Balaban J connectivity index is 1.72. The zero-order chi connectivity index (χ0) is 16.6. The Labute approximate surface area is 136 Å². The van der Waals surface area contributed by atoms with Crippen molar-refractivity contribution >= 4 is 23.2 Å². The van der Waals surface area contributed by atoms with Gasteiger partial charge in [-0.1, -0.05) is 0 Å². The third kappa shape index (κ3) is 3.25. The number of amides is 2. The van der Waals surface area contributed by atoms with Crippen LogP contribution < -0.4 is 10.6 Å². The molecule has 1 unspecified atom stereocenters. The highest BCUT2D eigenvalue weighted by Crippen LogP contribution is 2.16. The molecule has 23 heavy (non-hydrogen) atoms. The van der Waals surface area contributed by atoms with Crippen molar-refractivity contribution in [2.24, 2.45) is 0 Å². The molecular weight excluding hydrogens is 318 g/mol. The van der Waals surface area contributed by atoms with Crippen molar-refractivity contribution in [1.82, 2.24) is 25.4 Å². The summed E-state index contributed by atoms with van der Waals surface area (Å²) in [4.78, 5) is 29.6. The molecular formula is C14H17N5O3S. The summed E-state index contributed by atoms with van der Waals surface area (Å²) < 4.78 is 1.36. The van der Waals surface area contributed by atoms with Gasteiger partial charge in [-0.2, -0.15) is 5.10 Å². The molecule has 3 rings (SSSR count). The van der Waals surface area contributed by atoms with Gasteiger partial charge in [0, 0.05) is 17.5 Å². The molecule has 0 fully saturated rings. The Hall–Kier alpha value is -2.26. The van der Waals surface area contributed by atoms with Crippen molar-refractivity contribution in [3.05, 3.63) is 33.0 Å². The van der Waals surface area contributed by atoms with Crippen molar-refractivity contribution in [2.45, 2.75) is 33.0 Å². The van der Waals surface area contributed by atoms with E-state index in [1.54, 1.807) is 0 Å². The number of hydrogen-bond acceptors (Lipinski definition) is 6. The number of carbonyl (C=O) groups excluding carboxylic acids is 2. The number of aliphatic hydroxyl groups is 1. The number of aromatic nitrogens is 3. The van der Waals surface area contributed by atoms with Gasteiger partial charge in [0.05, 0.1) is 24.9 Å². The van der Waals surface area contributed by atoms with Crippen LogP contribution in [-0.4, -0.2) is 44.3 Å². The molecule has 0 spiro atoms. The van der Waals surface area contributed by atoms with E-state index in [1.807, 2.05) is 13.8 Å². The molecule has 0 aliphatic carbocycles. The number of nitrogens with one attached hydrogen (secondary N) is 2. The predicted molar refractivity (Wildman–Crippen MR) is 83.3 cm³/mol. The fraction of sp³-hybridized carbons (Fsp3) is 0.429. The van der Waals surface area contributed by atoms with Gasteiger partial charge in [-0.25, -0.2) is 4.98 Å². The van der Waals surface area contributed by atoms with E-state index in [2.05, 4.69) is 20.7 Å². The van der Waals surface area contributed by atoms with Gasteiger partial charge in [-0.3, -0.25) is 14.3 Å². The van der Waals surface area contributed by atoms with Gasteiger partial charge < -0.3 is 15.7 Å². The number of thiazole rings is 1. The summed E-state index contributed by atoms with van der Waals surface area (Å²) in [5, 5.41) is 20.0. The molecule has 0 radical (unpaired) electrons. The normalized spacial score (nSPS) is 17.3. The van der Waals surface area contributed by atoms with E-state index in [0.717, 1.165) is 15.6 Å². The molecule has 1 atom stereocenters. The first-order chi connectivity index (χ1) is 10.9. The van der Waals surface area contributed by atoms with Crippen molar-refractivity contribution in [1.29, 1.82) is 0 Å². The van der Waals surface area contributed by atoms with Crippen LogP contribution in [0, 0.1) is 13.8 Å². The molecule has 0 bridgehead atoms. The van der Waals surface area contributed by atoms with Crippen molar-refractivity contribution in [3.63, 3.8) is 0 Å². The predicted octanol–water partition coefficient (Wildman–Crippen LogP) is -0.00926. The second kappa shape index (κ2) is 6.09. The Bertz CT molecular complexity index is 747. The maximum atomic E-state index is 12.2. The first-order valence-corrected chi connectivity index (χ1v) is 8.01. The molecule has 0 saturated carbocycles. The average molecular weight is 335 g/mol. The van der Waals surface area contributed by atoms with E-state index >= 15 is 0 Å². The van der Waals surface area contributed by atoms with Gasteiger partial charge in [-0.15, -0.1) is 11.3 Å². The molecule has 9 heteroatoms. The van der Waals surface area contributed by atoms with Crippen LogP contribution in [0.2, 0.25) is 0 Å². The third-order valence-corrected chi connectivity index (χ3v) is 4.67. The van der Waals surface area contributed by atoms with E-state index in [0.29, 0.717) is 6.54 Å². The van der Waals surface area contributed by atoms with E-state index in [-0.39, 0.29) is 36.3 Å². The molecule has 122 valence electrons. The van der Waals surface area contributed by atoms with E-state index in [4.69, 9.17) is 0 Å². The van der Waals surface area contributed by atoms with Gasteiger partial charge in [0.2, 0.25) is 0 Å². The fourth-order valence-electron chi connectivity index (χ4n) is 2.28. The number of fused-ring (bicyclic) bond motifs is 1. The second-order valence-electron chi connectivity index (χ2n) is 5.39. The average Bonchev–Trinajstić information content (AvgIpc) is 3.03. The quantitative estimate of drug-likeness (QED) is 0.731. The van der Waals surface area contributed by atoms with Crippen LogP contribution in [0.4, 0.5) is 0 Å². The molecule has 0 aromatic carbocycles. The first-order valence-electron chi connectivity index (χ1n) is 7.19. The number of hydrogen-bond donors (Lipinski definition) is 3. The Morgan fingerprint density at radius 1 is 1.57 bits per heavy atom. The summed E-state index contributed by atoms with van der Waals surface area (Å²) in [7, 11) is 0. The molecule has 2 aromatic heterocycles. The SMILES string of the molecule is Cc1nc(CNC(=O)c2cc3n(n2)CC(O)CNC3=O)sc1C. The summed E-state index contributed by atoms with van der Waals surface area (Å²) >= 11 is 1.53.